The third-order valence-electron chi connectivity index (χ3n) is 2.87. The second kappa shape index (κ2) is 5.96. The summed E-state index contributed by atoms with van der Waals surface area (Å²) in [5, 5.41) is 3.39. The Morgan fingerprint density at radius 3 is 2.71 bits per heavy atom. The Kier molecular flexibility index (Phi) is 4.87. The van der Waals surface area contributed by atoms with E-state index in [0.29, 0.717) is 0 Å². The maximum absolute atomic E-state index is 5.54. The highest BCUT2D eigenvalue weighted by molar-refractivity contribution is 5.39. The summed E-state index contributed by atoms with van der Waals surface area (Å²) in [7, 11) is 0. The van der Waals surface area contributed by atoms with Crippen LogP contribution in [0.2, 0.25) is 0 Å². The molecule has 1 rings (SSSR count). The molecule has 4 nitrogen and oxygen atoms in total. The molecule has 96 valence electrons. The van der Waals surface area contributed by atoms with E-state index in [4.69, 9.17) is 5.73 Å². The van der Waals surface area contributed by atoms with Crippen molar-refractivity contribution in [3.63, 3.8) is 0 Å². The molecule has 0 fully saturated rings. The van der Waals surface area contributed by atoms with Gasteiger partial charge in [-0.15, -0.1) is 0 Å². The van der Waals surface area contributed by atoms with Crippen LogP contribution in [0.5, 0.6) is 0 Å². The van der Waals surface area contributed by atoms with Crippen molar-refractivity contribution in [2.24, 2.45) is 11.1 Å². The molecule has 4 heteroatoms. The van der Waals surface area contributed by atoms with Gasteiger partial charge in [0, 0.05) is 12.7 Å². The minimum Gasteiger partial charge on any atom is -0.368 e. The summed E-state index contributed by atoms with van der Waals surface area (Å²) >= 11 is 0. The van der Waals surface area contributed by atoms with Gasteiger partial charge in [0.2, 0.25) is 0 Å². The normalized spacial score (nSPS) is 11.6. The molecule has 0 aliphatic rings. The molecule has 0 bridgehead atoms. The van der Waals surface area contributed by atoms with Gasteiger partial charge in [0.15, 0.2) is 0 Å². The summed E-state index contributed by atoms with van der Waals surface area (Å²) in [4.78, 5) is 8.75. The SMILES string of the molecule is Cc1cnc(C)c(NCC(C)(C)CCCN)n1. The predicted octanol–water partition coefficient (Wildman–Crippen LogP) is 2.27. The van der Waals surface area contributed by atoms with Crippen LogP contribution in [0.15, 0.2) is 6.20 Å². The molecule has 3 N–H and O–H groups in total. The van der Waals surface area contributed by atoms with Gasteiger partial charge in [0.05, 0.1) is 11.4 Å². The number of hydrogen-bond acceptors (Lipinski definition) is 4. The minimum absolute atomic E-state index is 0.233. The van der Waals surface area contributed by atoms with Crippen LogP contribution in [0.3, 0.4) is 0 Å². The van der Waals surface area contributed by atoms with Crippen molar-refractivity contribution in [3.05, 3.63) is 17.6 Å². The summed E-state index contributed by atoms with van der Waals surface area (Å²) < 4.78 is 0. The quantitative estimate of drug-likeness (QED) is 0.795. The van der Waals surface area contributed by atoms with Gasteiger partial charge in [-0.05, 0) is 38.6 Å². The van der Waals surface area contributed by atoms with Crippen LogP contribution in [0.4, 0.5) is 5.82 Å². The number of anilines is 1. The van der Waals surface area contributed by atoms with Gasteiger partial charge < -0.3 is 11.1 Å². The van der Waals surface area contributed by atoms with Gasteiger partial charge in [-0.1, -0.05) is 13.8 Å². The van der Waals surface area contributed by atoms with Crippen LogP contribution < -0.4 is 11.1 Å². The van der Waals surface area contributed by atoms with Gasteiger partial charge in [-0.25, -0.2) is 4.98 Å². The van der Waals surface area contributed by atoms with E-state index in [1.165, 1.54) is 0 Å². The first-order valence-corrected chi connectivity index (χ1v) is 6.19. The van der Waals surface area contributed by atoms with E-state index in [0.717, 1.165) is 43.1 Å². The van der Waals surface area contributed by atoms with Gasteiger partial charge in [0.25, 0.3) is 0 Å². The maximum atomic E-state index is 5.54. The lowest BCUT2D eigenvalue weighted by atomic mass is 9.88. The predicted molar refractivity (Wildman–Crippen MR) is 72.1 cm³/mol. The molecule has 0 radical (unpaired) electrons. The number of hydrogen-bond donors (Lipinski definition) is 2. The van der Waals surface area contributed by atoms with Gasteiger partial charge >= 0.3 is 0 Å². The molecule has 0 aromatic carbocycles. The molecular formula is C13H24N4. The molecule has 0 amide bonds. The fraction of sp³-hybridized carbons (Fsp3) is 0.692. The van der Waals surface area contributed by atoms with Crippen molar-refractivity contribution in [3.8, 4) is 0 Å². The second-order valence-electron chi connectivity index (χ2n) is 5.36. The fourth-order valence-corrected chi connectivity index (χ4v) is 1.70. The lowest BCUT2D eigenvalue weighted by Gasteiger charge is -2.25. The largest absolute Gasteiger partial charge is 0.368 e. The van der Waals surface area contributed by atoms with Crippen molar-refractivity contribution in [2.75, 3.05) is 18.4 Å². The van der Waals surface area contributed by atoms with Crippen LogP contribution in [0.25, 0.3) is 0 Å². The Labute approximate surface area is 104 Å². The number of aryl methyl sites for hydroxylation is 2. The van der Waals surface area contributed by atoms with Crippen LogP contribution in [-0.2, 0) is 0 Å². The summed E-state index contributed by atoms with van der Waals surface area (Å²) in [5.41, 5.74) is 7.67. The third kappa shape index (κ3) is 4.69. The molecule has 0 spiro atoms. The van der Waals surface area contributed by atoms with Crippen molar-refractivity contribution >= 4 is 5.82 Å². The number of aromatic nitrogens is 2. The second-order valence-corrected chi connectivity index (χ2v) is 5.36. The number of nitrogens with one attached hydrogen (secondary N) is 1. The highest BCUT2D eigenvalue weighted by Crippen LogP contribution is 2.22. The van der Waals surface area contributed by atoms with Gasteiger partial charge in [-0.3, -0.25) is 4.98 Å². The molecule has 17 heavy (non-hydrogen) atoms. The molecular weight excluding hydrogens is 212 g/mol. The lowest BCUT2D eigenvalue weighted by Crippen LogP contribution is -2.25. The standard InChI is InChI=1S/C13H24N4/c1-10-8-15-11(2)12(17-10)16-9-13(3,4)6-5-7-14/h8H,5-7,9,14H2,1-4H3,(H,16,17). The third-order valence-corrected chi connectivity index (χ3v) is 2.87. The molecule has 0 atom stereocenters. The molecule has 0 saturated carbocycles. The zero-order valence-electron chi connectivity index (χ0n) is 11.4. The van der Waals surface area contributed by atoms with E-state index in [2.05, 4.69) is 29.1 Å². The van der Waals surface area contributed by atoms with Crippen molar-refractivity contribution in [1.82, 2.24) is 9.97 Å². The van der Waals surface area contributed by atoms with Crippen molar-refractivity contribution in [1.29, 1.82) is 0 Å². The first kappa shape index (κ1) is 13.9. The average Bonchev–Trinajstić information content (AvgIpc) is 2.28. The summed E-state index contributed by atoms with van der Waals surface area (Å²) in [6.07, 6.45) is 3.97. The molecule has 0 aliphatic heterocycles. The van der Waals surface area contributed by atoms with Gasteiger partial charge in [-0.2, -0.15) is 0 Å². The minimum atomic E-state index is 0.233. The van der Waals surface area contributed by atoms with Gasteiger partial charge in [0.1, 0.15) is 5.82 Å². The van der Waals surface area contributed by atoms with Crippen LogP contribution in [0.1, 0.15) is 38.1 Å². The number of rotatable bonds is 6. The monoisotopic (exact) mass is 236 g/mol. The van der Waals surface area contributed by atoms with Crippen molar-refractivity contribution < 1.29 is 0 Å². The average molecular weight is 236 g/mol. The first-order chi connectivity index (χ1) is 7.94. The summed E-state index contributed by atoms with van der Waals surface area (Å²) in [6, 6.07) is 0. The Morgan fingerprint density at radius 1 is 1.35 bits per heavy atom. The van der Waals surface area contributed by atoms with E-state index in [1.54, 1.807) is 6.20 Å². The molecule has 1 aromatic heterocycles. The summed E-state index contributed by atoms with van der Waals surface area (Å²) in [6.45, 7) is 10.1. The number of nitrogens with zero attached hydrogens (tertiary/aromatic N) is 2. The Bertz CT molecular complexity index is 360. The Morgan fingerprint density at radius 2 is 2.06 bits per heavy atom. The van der Waals surface area contributed by atoms with Crippen LogP contribution in [0, 0.1) is 19.3 Å². The van der Waals surface area contributed by atoms with E-state index in [9.17, 15) is 0 Å². The Balaban J connectivity index is 2.57. The highest BCUT2D eigenvalue weighted by Gasteiger charge is 2.17. The molecule has 1 heterocycles. The Hall–Kier alpha value is -1.16. The van der Waals surface area contributed by atoms with Crippen LogP contribution >= 0.6 is 0 Å². The van der Waals surface area contributed by atoms with E-state index in [1.807, 2.05) is 13.8 Å². The smallest absolute Gasteiger partial charge is 0.147 e. The zero-order valence-corrected chi connectivity index (χ0v) is 11.4. The molecule has 1 aromatic rings. The first-order valence-electron chi connectivity index (χ1n) is 6.19. The lowest BCUT2D eigenvalue weighted by molar-refractivity contribution is 0.350. The maximum Gasteiger partial charge on any atom is 0.147 e. The fourth-order valence-electron chi connectivity index (χ4n) is 1.70. The highest BCUT2D eigenvalue weighted by atomic mass is 15.0. The zero-order chi connectivity index (χ0) is 12.9. The molecule has 0 unspecified atom stereocenters. The molecule has 0 saturated heterocycles. The van der Waals surface area contributed by atoms with E-state index in [-0.39, 0.29) is 5.41 Å². The van der Waals surface area contributed by atoms with E-state index < -0.39 is 0 Å². The topological polar surface area (TPSA) is 63.8 Å². The van der Waals surface area contributed by atoms with Crippen LogP contribution in [-0.4, -0.2) is 23.1 Å². The summed E-state index contributed by atoms with van der Waals surface area (Å²) in [5.74, 6) is 0.894. The molecule has 0 aliphatic carbocycles. The van der Waals surface area contributed by atoms with E-state index >= 15 is 0 Å². The van der Waals surface area contributed by atoms with Crippen molar-refractivity contribution in [2.45, 2.75) is 40.5 Å². The number of nitrogens with two attached hydrogens (primary N) is 1.